The van der Waals surface area contributed by atoms with Gasteiger partial charge in [-0.3, -0.25) is 9.69 Å². The predicted octanol–water partition coefficient (Wildman–Crippen LogP) is 9.20. The van der Waals surface area contributed by atoms with Crippen molar-refractivity contribution in [3.8, 4) is 11.5 Å². The molecule has 3 aliphatic heterocycles. The Balaban J connectivity index is 0.00000506. The molecule has 43 heavy (non-hydrogen) atoms. The van der Waals surface area contributed by atoms with Crippen LogP contribution in [0.2, 0.25) is 0 Å². The van der Waals surface area contributed by atoms with Gasteiger partial charge in [0.25, 0.3) is 0 Å². The molecule has 0 amide bonds. The smallest absolute Gasteiger partial charge is 0.311 e. The summed E-state index contributed by atoms with van der Waals surface area (Å²) >= 11 is 0. The van der Waals surface area contributed by atoms with Crippen molar-refractivity contribution >= 4 is 23.9 Å². The summed E-state index contributed by atoms with van der Waals surface area (Å²) in [5, 5.41) is 0. The fraction of sp³-hybridized carbons (Fsp3) is 0.703. The number of halogens is 1. The van der Waals surface area contributed by atoms with E-state index < -0.39 is 0 Å². The Labute approximate surface area is 268 Å². The molecule has 4 rings (SSSR count). The third kappa shape index (κ3) is 8.67. The number of hydrogen-bond donors (Lipinski definition) is 0. The summed E-state index contributed by atoms with van der Waals surface area (Å²) in [5.74, 6) is 2.37. The number of fused-ring (bicyclic) bond motifs is 2. The van der Waals surface area contributed by atoms with Crippen LogP contribution in [0.4, 0.5) is 0 Å². The number of carbonyl (C=O) groups is 1. The molecule has 0 saturated carbocycles. The highest BCUT2D eigenvalue weighted by atomic mass is 35.5. The minimum absolute atomic E-state index is 0. The Morgan fingerprint density at radius 3 is 2.47 bits per heavy atom. The van der Waals surface area contributed by atoms with Crippen molar-refractivity contribution in [3.05, 3.63) is 41.5 Å². The zero-order valence-corrected chi connectivity index (χ0v) is 28.7. The van der Waals surface area contributed by atoms with Crippen LogP contribution < -0.4 is 9.47 Å². The summed E-state index contributed by atoms with van der Waals surface area (Å²) in [5.41, 5.74) is 4.64. The molecule has 0 aliphatic carbocycles. The topological polar surface area (TPSA) is 42.0 Å². The molecule has 0 N–H and O–H groups in total. The first-order valence-corrected chi connectivity index (χ1v) is 17.2. The fourth-order valence-corrected chi connectivity index (χ4v) is 7.41. The summed E-state index contributed by atoms with van der Waals surface area (Å²) in [6, 6.07) is 4.45. The Bertz CT molecular complexity index is 1090. The van der Waals surface area contributed by atoms with E-state index in [1.165, 1.54) is 61.7 Å². The quantitative estimate of drug-likeness (QED) is 0.0852. The highest BCUT2D eigenvalue weighted by Gasteiger charge is 2.43. The molecule has 0 spiro atoms. The number of ether oxygens (including phenoxy) is 2. The number of nitrogens with zero attached hydrogens (tertiary/aromatic N) is 2. The number of hydrogen-bond acceptors (Lipinski definition) is 5. The third-order valence-electron chi connectivity index (χ3n) is 10.4. The molecule has 242 valence electrons. The normalized spacial score (nSPS) is 19.8. The average Bonchev–Trinajstić information content (AvgIpc) is 3.00. The van der Waals surface area contributed by atoms with Gasteiger partial charge in [0, 0.05) is 26.1 Å². The van der Waals surface area contributed by atoms with Crippen LogP contribution >= 0.6 is 12.4 Å². The van der Waals surface area contributed by atoms with Crippen LogP contribution in [0, 0.1) is 5.92 Å². The molecule has 3 heterocycles. The molecule has 3 aliphatic rings. The summed E-state index contributed by atoms with van der Waals surface area (Å²) in [6.07, 6.45) is 15.0. The van der Waals surface area contributed by atoms with Crippen LogP contribution in [0.5, 0.6) is 11.5 Å². The predicted molar refractivity (Wildman–Crippen MR) is 183 cm³/mol. The molecule has 0 aromatic heterocycles. The van der Waals surface area contributed by atoms with Crippen molar-refractivity contribution in [3.63, 3.8) is 0 Å². The fourth-order valence-electron chi connectivity index (χ4n) is 7.41. The van der Waals surface area contributed by atoms with Crippen LogP contribution in [0.1, 0.15) is 129 Å². The summed E-state index contributed by atoms with van der Waals surface area (Å²) in [4.78, 5) is 18.3. The zero-order chi connectivity index (χ0) is 30.1. The average molecular weight is 615 g/mol. The number of carbonyl (C=O) groups excluding carboxylic acids is 1. The van der Waals surface area contributed by atoms with Gasteiger partial charge in [-0.15, -0.1) is 19.0 Å². The largest absolute Gasteiger partial charge is 0.482 e. The lowest BCUT2D eigenvalue weighted by molar-refractivity contribution is -0.134. The van der Waals surface area contributed by atoms with E-state index >= 15 is 0 Å². The van der Waals surface area contributed by atoms with Crippen LogP contribution in [0.15, 0.2) is 30.4 Å². The van der Waals surface area contributed by atoms with E-state index in [9.17, 15) is 4.79 Å². The number of likely N-dealkylation sites (tertiary alicyclic amines) is 1. The van der Waals surface area contributed by atoms with E-state index in [0.717, 1.165) is 76.3 Å². The molecule has 1 saturated heterocycles. The first-order valence-electron chi connectivity index (χ1n) is 17.2. The lowest BCUT2D eigenvalue weighted by Gasteiger charge is -2.45. The van der Waals surface area contributed by atoms with Gasteiger partial charge in [0.1, 0.15) is 17.1 Å². The third-order valence-corrected chi connectivity index (χ3v) is 10.4. The van der Waals surface area contributed by atoms with Crippen molar-refractivity contribution in [2.75, 3.05) is 39.3 Å². The van der Waals surface area contributed by atoms with Gasteiger partial charge in [0.05, 0.1) is 5.56 Å². The van der Waals surface area contributed by atoms with Gasteiger partial charge < -0.3 is 14.4 Å². The lowest BCUT2D eigenvalue weighted by atomic mass is 9.76. The second kappa shape index (κ2) is 17.0. The SMILES string of the molecule is C=CCN1CCC2=C(C1)c1c(OC(=O)CCCN3CCCCC3)cc(C(C)C(C)CCCCC)cc1OC2(CC)CC.Cl. The monoisotopic (exact) mass is 614 g/mol. The molecule has 0 bridgehead atoms. The van der Waals surface area contributed by atoms with Gasteiger partial charge in [-0.25, -0.2) is 0 Å². The minimum Gasteiger partial charge on any atom is -0.482 e. The van der Waals surface area contributed by atoms with Crippen molar-refractivity contribution < 1.29 is 14.3 Å². The number of piperidine rings is 1. The molecule has 0 radical (unpaired) electrons. The van der Waals surface area contributed by atoms with E-state index in [1.54, 1.807) is 0 Å². The number of unbranched alkanes of at least 4 members (excludes halogenated alkanes) is 2. The standard InChI is InChI=1S/C37H58N2O3.ClH/c1-7-11-13-17-28(5)29(6)30-25-33(41-35(40)18-16-23-38-21-14-12-15-22-38)36-31-27-39(20-8-2)24-19-32(31)37(9-3,10-4)42-34(36)26-30;/h8,25-26,28-29H,2,7,9-24,27H2,1,3-6H3;1H. The van der Waals surface area contributed by atoms with Crippen LogP contribution in [-0.2, 0) is 4.79 Å². The van der Waals surface area contributed by atoms with Crippen LogP contribution in [-0.4, -0.2) is 60.6 Å². The number of esters is 1. The molecule has 1 aromatic rings. The highest BCUT2D eigenvalue weighted by molar-refractivity contribution is 5.85. The molecule has 5 nitrogen and oxygen atoms in total. The maximum Gasteiger partial charge on any atom is 0.311 e. The molecule has 1 aromatic carbocycles. The van der Waals surface area contributed by atoms with Gasteiger partial charge in [-0.1, -0.05) is 72.8 Å². The Morgan fingerprint density at radius 2 is 1.79 bits per heavy atom. The summed E-state index contributed by atoms with van der Waals surface area (Å²) < 4.78 is 13.4. The first kappa shape index (κ1) is 35.7. The van der Waals surface area contributed by atoms with Crippen LogP contribution in [0.25, 0.3) is 5.57 Å². The van der Waals surface area contributed by atoms with E-state index in [0.29, 0.717) is 24.0 Å². The second-order valence-electron chi connectivity index (χ2n) is 13.2. The van der Waals surface area contributed by atoms with E-state index in [-0.39, 0.29) is 24.0 Å². The molecule has 6 heteroatoms. The van der Waals surface area contributed by atoms with Crippen LogP contribution in [0.3, 0.4) is 0 Å². The molecule has 1 fully saturated rings. The maximum atomic E-state index is 13.4. The van der Waals surface area contributed by atoms with Gasteiger partial charge in [-0.2, -0.15) is 0 Å². The van der Waals surface area contributed by atoms with Gasteiger partial charge >= 0.3 is 5.97 Å². The maximum absolute atomic E-state index is 13.4. The Morgan fingerprint density at radius 1 is 1.05 bits per heavy atom. The van der Waals surface area contributed by atoms with E-state index in [1.807, 2.05) is 6.08 Å². The van der Waals surface area contributed by atoms with E-state index in [4.69, 9.17) is 9.47 Å². The summed E-state index contributed by atoms with van der Waals surface area (Å²) in [6.45, 7) is 21.4. The first-order chi connectivity index (χ1) is 20.4. The van der Waals surface area contributed by atoms with Crippen molar-refractivity contribution in [2.45, 2.75) is 123 Å². The van der Waals surface area contributed by atoms with Crippen molar-refractivity contribution in [1.29, 1.82) is 0 Å². The number of benzene rings is 1. The number of rotatable bonds is 15. The molecule has 2 atom stereocenters. The van der Waals surface area contributed by atoms with Crippen molar-refractivity contribution in [1.82, 2.24) is 9.80 Å². The molecule has 2 unspecified atom stereocenters. The Kier molecular flexibility index (Phi) is 14.1. The highest BCUT2D eigenvalue weighted by Crippen LogP contribution is 2.51. The lowest BCUT2D eigenvalue weighted by Crippen LogP contribution is -2.45. The summed E-state index contributed by atoms with van der Waals surface area (Å²) in [7, 11) is 0. The van der Waals surface area contributed by atoms with E-state index in [2.05, 4.69) is 63.1 Å². The van der Waals surface area contributed by atoms with Gasteiger partial charge in [-0.05, 0) is 98.8 Å². The van der Waals surface area contributed by atoms with Crippen molar-refractivity contribution in [2.24, 2.45) is 5.92 Å². The second-order valence-corrected chi connectivity index (χ2v) is 13.2. The van der Waals surface area contributed by atoms with Gasteiger partial charge in [0.15, 0.2) is 0 Å². The molecular formula is C37H59ClN2O3. The Hall–Kier alpha value is -1.82. The zero-order valence-electron chi connectivity index (χ0n) is 27.8. The minimum atomic E-state index is -0.299. The van der Waals surface area contributed by atoms with Gasteiger partial charge in [0.2, 0.25) is 0 Å². The molecular weight excluding hydrogens is 556 g/mol.